The molecule has 410 valence electrons. The number of cyclic esters (lactones) is 1. The third-order valence-corrected chi connectivity index (χ3v) is 19.1. The van der Waals surface area contributed by atoms with E-state index in [1.807, 2.05) is 24.0 Å². The van der Waals surface area contributed by atoms with Crippen molar-refractivity contribution >= 4 is 52.1 Å². The number of carbonyl (C=O) groups excluding carboxylic acids is 6. The number of esters is 2. The van der Waals surface area contributed by atoms with E-state index < -0.39 is 34.6 Å². The lowest BCUT2D eigenvalue weighted by Crippen LogP contribution is -2.57. The molecule has 1 saturated heterocycles. The summed E-state index contributed by atoms with van der Waals surface area (Å²) in [6.45, 7) is 11.3. The van der Waals surface area contributed by atoms with Gasteiger partial charge in [-0.3, -0.25) is 24.0 Å². The number of anilines is 1. The maximum absolute atomic E-state index is 13.8. The first-order chi connectivity index (χ1) is 37.4. The van der Waals surface area contributed by atoms with Crippen LogP contribution in [-0.4, -0.2) is 105 Å². The highest BCUT2D eigenvalue weighted by Gasteiger charge is 2.67. The third kappa shape index (κ3) is 8.76. The standard InChI is InChI=1S/C62H71N5O11/c1-7-43-46-31-42(19-22-52(46)63-56-48(43)34-67-53(56)32-51-49(57(67)72)35-76-58(73)61(51,75)8-2)77-59(74)66-28-26-65(27-29-66)54(71)12-10-9-11-25-64(6)40-16-13-38(14-17-40)47-33-60(5)50(23-24-62(60,36(3)68)78-37(4)69)45-20-15-39-30-41(70)18-21-44(39)55(45)47/h13-14,16-17,19,22,30-32,45,47,50,75H,7-12,15,18,20-21,23-29,33-35H2,1-6H3/t45-,47+,50-,60-,61?,62-/m0/s1. The number of ketones is 2. The molecule has 1 N–H and O–H groups in total. The highest BCUT2D eigenvalue weighted by atomic mass is 16.6. The normalized spacial score (nSPS) is 26.0. The lowest BCUT2D eigenvalue weighted by molar-refractivity contribution is -0.182. The quantitative estimate of drug-likeness (QED) is 0.0869. The second-order valence-corrected chi connectivity index (χ2v) is 23.1. The van der Waals surface area contributed by atoms with Crippen LogP contribution in [0.1, 0.15) is 145 Å². The number of Topliss-reactive ketones (excluding diaryl/α,β-unsaturated/α-hetero) is 1. The minimum atomic E-state index is -1.92. The summed E-state index contributed by atoms with van der Waals surface area (Å²) in [6.07, 6.45) is 10.1. The molecule has 16 nitrogen and oxygen atoms in total. The van der Waals surface area contributed by atoms with Gasteiger partial charge in [-0.1, -0.05) is 44.9 Å². The molecule has 4 aliphatic carbocycles. The van der Waals surface area contributed by atoms with Crippen molar-refractivity contribution in [3.8, 4) is 17.1 Å². The molecule has 78 heavy (non-hydrogen) atoms. The van der Waals surface area contributed by atoms with Gasteiger partial charge in [0, 0.05) is 93.1 Å². The van der Waals surface area contributed by atoms with Gasteiger partial charge < -0.3 is 38.6 Å². The lowest BCUT2D eigenvalue weighted by Gasteiger charge is -2.55. The number of rotatable bonds is 13. The predicted octanol–water partition coefficient (Wildman–Crippen LogP) is 8.77. The number of benzene rings is 2. The Morgan fingerprint density at radius 3 is 2.37 bits per heavy atom. The van der Waals surface area contributed by atoms with Crippen LogP contribution in [0.4, 0.5) is 10.5 Å². The largest absolute Gasteiger partial charge is 0.458 e. The summed E-state index contributed by atoms with van der Waals surface area (Å²) in [7, 11) is 2.09. The van der Waals surface area contributed by atoms with E-state index in [0.717, 1.165) is 73.7 Å². The van der Waals surface area contributed by atoms with Gasteiger partial charge in [0.15, 0.2) is 22.8 Å². The highest BCUT2D eigenvalue weighted by molar-refractivity contribution is 5.94. The number of allylic oxidation sites excluding steroid dienone is 4. The number of aromatic nitrogens is 2. The number of piperazine rings is 1. The van der Waals surface area contributed by atoms with E-state index in [4.69, 9.17) is 19.2 Å². The Hall–Kier alpha value is -6.94. The van der Waals surface area contributed by atoms with E-state index >= 15 is 0 Å². The molecule has 2 aromatic carbocycles. The zero-order valence-electron chi connectivity index (χ0n) is 45.8. The molecule has 4 aromatic rings. The molecule has 16 heteroatoms. The molecule has 0 bridgehead atoms. The van der Waals surface area contributed by atoms with E-state index in [-0.39, 0.29) is 71.5 Å². The minimum absolute atomic E-state index is 0.0258. The van der Waals surface area contributed by atoms with Crippen molar-refractivity contribution in [2.75, 3.05) is 44.7 Å². The number of carbonyl (C=O) groups is 6. The number of pyridine rings is 2. The number of aryl methyl sites for hydroxylation is 1. The van der Waals surface area contributed by atoms with Gasteiger partial charge >= 0.3 is 18.0 Å². The molecule has 7 aliphatic rings. The van der Waals surface area contributed by atoms with Gasteiger partial charge in [-0.2, -0.15) is 0 Å². The summed E-state index contributed by atoms with van der Waals surface area (Å²) >= 11 is 0. The first kappa shape index (κ1) is 53.1. The van der Waals surface area contributed by atoms with Crippen LogP contribution in [0.3, 0.4) is 0 Å². The summed E-state index contributed by atoms with van der Waals surface area (Å²) in [5.41, 5.74) is 6.43. The maximum atomic E-state index is 13.8. The van der Waals surface area contributed by atoms with Gasteiger partial charge in [0.05, 0.1) is 29.0 Å². The number of hydrogen-bond acceptors (Lipinski definition) is 13. The van der Waals surface area contributed by atoms with Crippen LogP contribution in [-0.2, 0) is 58.6 Å². The molecule has 2 amide bonds. The number of nitrogens with zero attached hydrogens (tertiary/aromatic N) is 5. The Morgan fingerprint density at radius 1 is 0.897 bits per heavy atom. The average Bonchev–Trinajstić information content (AvgIpc) is 3.59. The van der Waals surface area contributed by atoms with Crippen LogP contribution < -0.4 is 15.2 Å². The molecule has 6 atom stereocenters. The monoisotopic (exact) mass is 1060 g/mol. The SMILES string of the molecule is CCc1c2c(nc3ccc(OC(=O)N4CCN(C(=O)CCCCCN(C)c5ccc([C@H]6C[C@@]7(C)[C@@H](CC[C@]7(OC(C)=O)C(C)=O)[C@@H]7CCC8=CC(=O)CCC8=C76)cc5)CC4)cc13)-c1cc3c(c(=O)n1C2)COC(=O)C3(O)CC. The molecule has 3 aliphatic heterocycles. The van der Waals surface area contributed by atoms with Crippen molar-refractivity contribution in [3.05, 3.63) is 109 Å². The van der Waals surface area contributed by atoms with Crippen LogP contribution >= 0.6 is 0 Å². The minimum Gasteiger partial charge on any atom is -0.458 e. The van der Waals surface area contributed by atoms with Crippen LogP contribution in [0.15, 0.2) is 76.1 Å². The molecular formula is C62H71N5O11. The van der Waals surface area contributed by atoms with Gasteiger partial charge in [-0.25, -0.2) is 14.6 Å². The highest BCUT2D eigenvalue weighted by Crippen LogP contribution is 2.68. The molecule has 1 unspecified atom stereocenters. The number of fused-ring (bicyclic) bond motifs is 9. The van der Waals surface area contributed by atoms with Crippen molar-refractivity contribution in [1.82, 2.24) is 19.4 Å². The Morgan fingerprint density at radius 2 is 1.65 bits per heavy atom. The van der Waals surface area contributed by atoms with Gasteiger partial charge in [-0.15, -0.1) is 0 Å². The van der Waals surface area contributed by atoms with Gasteiger partial charge in [-0.05, 0) is 148 Å². The van der Waals surface area contributed by atoms with Crippen molar-refractivity contribution in [2.45, 2.75) is 148 Å². The average molecular weight is 1060 g/mol. The topological polar surface area (TPSA) is 195 Å². The van der Waals surface area contributed by atoms with Gasteiger partial charge in [0.1, 0.15) is 12.4 Å². The summed E-state index contributed by atoms with van der Waals surface area (Å²) in [5.74, 6) is -0.156. The van der Waals surface area contributed by atoms with Crippen molar-refractivity contribution < 1.29 is 48.1 Å². The molecule has 5 heterocycles. The second kappa shape index (κ2) is 20.4. The predicted molar refractivity (Wildman–Crippen MR) is 292 cm³/mol. The third-order valence-electron chi connectivity index (χ3n) is 19.1. The Balaban J connectivity index is 0.673. The van der Waals surface area contributed by atoms with Gasteiger partial charge in [0.25, 0.3) is 5.56 Å². The van der Waals surface area contributed by atoms with Crippen molar-refractivity contribution in [2.24, 2.45) is 17.3 Å². The Bertz CT molecular complexity index is 3310. The van der Waals surface area contributed by atoms with E-state index in [1.165, 1.54) is 29.2 Å². The van der Waals surface area contributed by atoms with Crippen molar-refractivity contribution in [1.29, 1.82) is 0 Å². The van der Waals surface area contributed by atoms with Crippen LogP contribution in [0.25, 0.3) is 22.3 Å². The fourth-order valence-corrected chi connectivity index (χ4v) is 15.0. The molecular weight excluding hydrogens is 991 g/mol. The van der Waals surface area contributed by atoms with E-state index in [2.05, 4.69) is 43.1 Å². The summed E-state index contributed by atoms with van der Waals surface area (Å²) in [4.78, 5) is 103. The number of amides is 2. The number of unbranched alkanes of at least 4 members (excludes halogenated alkanes) is 2. The molecule has 11 rings (SSSR count). The number of ether oxygens (including phenoxy) is 3. The first-order valence-electron chi connectivity index (χ1n) is 28.2. The molecule has 0 radical (unpaired) electrons. The summed E-state index contributed by atoms with van der Waals surface area (Å²) in [6, 6.07) is 15.8. The zero-order chi connectivity index (χ0) is 55.0. The number of aliphatic hydroxyl groups is 1. The second-order valence-electron chi connectivity index (χ2n) is 23.1. The van der Waals surface area contributed by atoms with E-state index in [0.29, 0.717) is 80.9 Å². The zero-order valence-corrected chi connectivity index (χ0v) is 45.8. The molecule has 3 fully saturated rings. The Labute approximate surface area is 454 Å². The molecule has 0 spiro atoms. The van der Waals surface area contributed by atoms with Crippen LogP contribution in [0, 0.1) is 17.3 Å². The first-order valence-corrected chi connectivity index (χ1v) is 28.2. The molecule has 2 saturated carbocycles. The smallest absolute Gasteiger partial charge is 0.415 e. The lowest BCUT2D eigenvalue weighted by atomic mass is 9.50. The van der Waals surface area contributed by atoms with Crippen LogP contribution in [0.2, 0.25) is 0 Å². The maximum Gasteiger partial charge on any atom is 0.415 e. The van der Waals surface area contributed by atoms with Crippen LogP contribution in [0.5, 0.6) is 5.75 Å². The molecule has 2 aromatic heterocycles. The number of hydrogen-bond donors (Lipinski definition) is 1. The Kier molecular flexibility index (Phi) is 13.9. The van der Waals surface area contributed by atoms with E-state index in [9.17, 15) is 38.7 Å². The van der Waals surface area contributed by atoms with E-state index in [1.54, 1.807) is 41.5 Å². The van der Waals surface area contributed by atoms with Gasteiger partial charge in [0.2, 0.25) is 5.91 Å². The summed E-state index contributed by atoms with van der Waals surface area (Å²) < 4.78 is 18.9. The summed E-state index contributed by atoms with van der Waals surface area (Å²) in [5, 5.41) is 12.1. The van der Waals surface area contributed by atoms with Crippen molar-refractivity contribution in [3.63, 3.8) is 0 Å². The fourth-order valence-electron chi connectivity index (χ4n) is 15.0. The fraction of sp³-hybridized carbons (Fsp3) is 0.516.